The molecule has 3 nitrogen and oxygen atoms in total. The Balaban J connectivity index is 1.23. The zero-order valence-electron chi connectivity index (χ0n) is 20.5. The molecule has 2 N–H and O–H groups in total. The summed E-state index contributed by atoms with van der Waals surface area (Å²) < 4.78 is 5.46. The van der Waals surface area contributed by atoms with Gasteiger partial charge in [0.1, 0.15) is 0 Å². The topological polar surface area (TPSA) is 49.7 Å². The SMILES string of the molecule is CC12CC[C@](C)(O)CC1CC[C@@H]1C2CCC2(C)C1CC[C@@H]2CCCC1(O)CCOCC1. The smallest absolute Gasteiger partial charge is 0.0691 e. The van der Waals surface area contributed by atoms with E-state index in [1.54, 1.807) is 0 Å². The van der Waals surface area contributed by atoms with E-state index in [1.807, 2.05) is 0 Å². The predicted molar refractivity (Wildman–Crippen MR) is 125 cm³/mol. The highest BCUT2D eigenvalue weighted by Gasteiger charge is 2.60. The Bertz CT molecular complexity index is 653. The van der Waals surface area contributed by atoms with Gasteiger partial charge in [-0.3, -0.25) is 0 Å². The average Bonchev–Trinajstić information content (AvgIpc) is 3.05. The number of hydrogen-bond acceptors (Lipinski definition) is 3. The first-order valence-corrected chi connectivity index (χ1v) is 13.7. The highest BCUT2D eigenvalue weighted by atomic mass is 16.5. The lowest BCUT2D eigenvalue weighted by Gasteiger charge is -2.62. The molecule has 0 radical (unpaired) electrons. The Morgan fingerprint density at radius 2 is 1.52 bits per heavy atom. The molecular weight excluding hydrogens is 384 g/mol. The van der Waals surface area contributed by atoms with Crippen LogP contribution in [0.15, 0.2) is 0 Å². The van der Waals surface area contributed by atoms with Crippen molar-refractivity contribution in [3.05, 3.63) is 0 Å². The van der Waals surface area contributed by atoms with Gasteiger partial charge in [0.2, 0.25) is 0 Å². The minimum atomic E-state index is -0.454. The maximum atomic E-state index is 10.9. The van der Waals surface area contributed by atoms with Gasteiger partial charge >= 0.3 is 0 Å². The third-order valence-corrected chi connectivity index (χ3v) is 11.8. The third-order valence-electron chi connectivity index (χ3n) is 11.8. The highest BCUT2D eigenvalue weighted by molar-refractivity contribution is 5.10. The molecule has 4 aliphatic carbocycles. The Kier molecular flexibility index (Phi) is 5.83. The molecule has 5 fully saturated rings. The van der Waals surface area contributed by atoms with Crippen molar-refractivity contribution in [3.63, 3.8) is 0 Å². The fourth-order valence-corrected chi connectivity index (χ4v) is 9.69. The number of rotatable bonds is 4. The molecule has 3 heteroatoms. The molecule has 1 heterocycles. The Morgan fingerprint density at radius 3 is 2.29 bits per heavy atom. The second kappa shape index (κ2) is 7.98. The minimum absolute atomic E-state index is 0.423. The van der Waals surface area contributed by atoms with Crippen LogP contribution in [0.25, 0.3) is 0 Å². The van der Waals surface area contributed by atoms with Crippen molar-refractivity contribution in [3.8, 4) is 0 Å². The van der Waals surface area contributed by atoms with E-state index in [1.165, 1.54) is 57.8 Å². The van der Waals surface area contributed by atoms with Gasteiger partial charge < -0.3 is 14.9 Å². The summed E-state index contributed by atoms with van der Waals surface area (Å²) in [5, 5.41) is 21.6. The van der Waals surface area contributed by atoms with Crippen LogP contribution < -0.4 is 0 Å². The fraction of sp³-hybridized carbons (Fsp3) is 1.00. The maximum Gasteiger partial charge on any atom is 0.0691 e. The lowest BCUT2D eigenvalue weighted by molar-refractivity contribution is -0.146. The summed E-state index contributed by atoms with van der Waals surface area (Å²) in [5.41, 5.74) is 0.122. The first-order chi connectivity index (χ1) is 14.7. The molecule has 4 saturated carbocycles. The molecule has 0 bridgehead atoms. The summed E-state index contributed by atoms with van der Waals surface area (Å²) in [5.74, 6) is 4.33. The molecule has 0 aromatic heterocycles. The Labute approximate surface area is 190 Å². The van der Waals surface area contributed by atoms with E-state index in [4.69, 9.17) is 4.74 Å². The predicted octanol–water partition coefficient (Wildman–Crippen LogP) is 6.11. The highest BCUT2D eigenvalue weighted by Crippen LogP contribution is 2.68. The van der Waals surface area contributed by atoms with E-state index < -0.39 is 11.2 Å². The normalized spacial score (nSPS) is 51.6. The first kappa shape index (κ1) is 22.7. The van der Waals surface area contributed by atoms with Crippen LogP contribution in [0.3, 0.4) is 0 Å². The number of aliphatic hydroxyl groups is 2. The van der Waals surface area contributed by atoms with Crippen molar-refractivity contribution in [2.75, 3.05) is 13.2 Å². The van der Waals surface area contributed by atoms with Crippen LogP contribution in [0, 0.1) is 40.4 Å². The molecule has 5 unspecified atom stereocenters. The summed E-state index contributed by atoms with van der Waals surface area (Å²) in [7, 11) is 0. The van der Waals surface area contributed by atoms with Gasteiger partial charge in [-0.05, 0) is 131 Å². The standard InChI is InChI=1S/C28H48O3/c1-25(29)13-14-27(3)21(19-25)6-8-22-23-9-7-20(26(23,2)12-10-24(22)27)5-4-11-28(30)15-17-31-18-16-28/h20-24,29-30H,4-19H2,1-3H3/t20-,21?,22-,23?,24?,25-,26?,27?/m0/s1. The van der Waals surface area contributed by atoms with E-state index in [0.29, 0.717) is 10.8 Å². The van der Waals surface area contributed by atoms with E-state index in [2.05, 4.69) is 20.8 Å². The van der Waals surface area contributed by atoms with Gasteiger partial charge in [-0.25, -0.2) is 0 Å². The second-order valence-corrected chi connectivity index (χ2v) is 13.4. The van der Waals surface area contributed by atoms with Crippen molar-refractivity contribution in [2.45, 2.75) is 122 Å². The van der Waals surface area contributed by atoms with Crippen LogP contribution in [-0.4, -0.2) is 34.6 Å². The summed E-state index contributed by atoms with van der Waals surface area (Å²) in [6.07, 6.45) is 16.9. The monoisotopic (exact) mass is 432 g/mol. The molecule has 5 aliphatic rings. The number of fused-ring (bicyclic) bond motifs is 5. The molecule has 0 aromatic rings. The lowest BCUT2D eigenvalue weighted by Crippen LogP contribution is -2.55. The molecule has 178 valence electrons. The zero-order valence-corrected chi connectivity index (χ0v) is 20.5. The van der Waals surface area contributed by atoms with Gasteiger partial charge in [0.25, 0.3) is 0 Å². The largest absolute Gasteiger partial charge is 0.390 e. The second-order valence-electron chi connectivity index (χ2n) is 13.4. The van der Waals surface area contributed by atoms with Crippen LogP contribution in [-0.2, 0) is 4.74 Å². The van der Waals surface area contributed by atoms with Crippen molar-refractivity contribution >= 4 is 0 Å². The zero-order chi connectivity index (χ0) is 21.9. The van der Waals surface area contributed by atoms with E-state index in [9.17, 15) is 10.2 Å². The molecular formula is C28H48O3. The van der Waals surface area contributed by atoms with Gasteiger partial charge in [-0.1, -0.05) is 20.3 Å². The molecule has 5 rings (SSSR count). The van der Waals surface area contributed by atoms with Gasteiger partial charge in [-0.2, -0.15) is 0 Å². The quantitative estimate of drug-likeness (QED) is 0.563. The molecule has 0 amide bonds. The van der Waals surface area contributed by atoms with Gasteiger partial charge in [-0.15, -0.1) is 0 Å². The first-order valence-electron chi connectivity index (χ1n) is 13.7. The van der Waals surface area contributed by atoms with Crippen LogP contribution in [0.2, 0.25) is 0 Å². The van der Waals surface area contributed by atoms with Crippen molar-refractivity contribution in [2.24, 2.45) is 40.4 Å². The summed E-state index contributed by atoms with van der Waals surface area (Å²) >= 11 is 0. The van der Waals surface area contributed by atoms with Gasteiger partial charge in [0.15, 0.2) is 0 Å². The van der Waals surface area contributed by atoms with Crippen LogP contribution in [0.1, 0.15) is 111 Å². The van der Waals surface area contributed by atoms with E-state index >= 15 is 0 Å². The number of hydrogen-bond donors (Lipinski definition) is 2. The van der Waals surface area contributed by atoms with Crippen LogP contribution in [0.5, 0.6) is 0 Å². The van der Waals surface area contributed by atoms with Gasteiger partial charge in [0, 0.05) is 13.2 Å². The average molecular weight is 433 g/mol. The fourth-order valence-electron chi connectivity index (χ4n) is 9.69. The summed E-state index contributed by atoms with van der Waals surface area (Å²) in [6.45, 7) is 8.80. The molecule has 1 saturated heterocycles. The molecule has 31 heavy (non-hydrogen) atoms. The van der Waals surface area contributed by atoms with Crippen molar-refractivity contribution in [1.82, 2.24) is 0 Å². The maximum absolute atomic E-state index is 10.9. The van der Waals surface area contributed by atoms with Crippen molar-refractivity contribution in [1.29, 1.82) is 0 Å². The summed E-state index contributed by atoms with van der Waals surface area (Å²) in [4.78, 5) is 0. The Hall–Kier alpha value is -0.120. The molecule has 0 spiro atoms. The molecule has 8 atom stereocenters. The Morgan fingerprint density at radius 1 is 0.774 bits per heavy atom. The van der Waals surface area contributed by atoms with E-state index in [-0.39, 0.29) is 0 Å². The summed E-state index contributed by atoms with van der Waals surface area (Å²) in [6, 6.07) is 0. The number of ether oxygens (including phenoxy) is 1. The minimum Gasteiger partial charge on any atom is -0.390 e. The third kappa shape index (κ3) is 3.93. The lowest BCUT2D eigenvalue weighted by atomic mass is 9.44. The van der Waals surface area contributed by atoms with Crippen LogP contribution >= 0.6 is 0 Å². The molecule has 0 aromatic carbocycles. The van der Waals surface area contributed by atoms with Crippen LogP contribution in [0.4, 0.5) is 0 Å². The van der Waals surface area contributed by atoms with Gasteiger partial charge in [0.05, 0.1) is 11.2 Å². The van der Waals surface area contributed by atoms with Crippen molar-refractivity contribution < 1.29 is 14.9 Å². The van der Waals surface area contributed by atoms with E-state index in [0.717, 1.165) is 74.9 Å². The molecule has 1 aliphatic heterocycles.